The van der Waals surface area contributed by atoms with Crippen molar-refractivity contribution in [1.82, 2.24) is 19.9 Å². The molecule has 1 aliphatic heterocycles. The van der Waals surface area contributed by atoms with E-state index in [0.717, 1.165) is 36.5 Å². The molecule has 0 saturated carbocycles. The maximum absolute atomic E-state index is 11.8. The van der Waals surface area contributed by atoms with Crippen LogP contribution in [0.3, 0.4) is 0 Å². The van der Waals surface area contributed by atoms with Gasteiger partial charge in [-0.25, -0.2) is 0 Å². The maximum atomic E-state index is 11.8. The first-order valence-corrected chi connectivity index (χ1v) is 6.60. The molecule has 0 saturated heterocycles. The zero-order chi connectivity index (χ0) is 13.2. The molecule has 0 bridgehead atoms. The number of hydrogen-bond acceptors (Lipinski definition) is 4. The molecule has 0 aromatic carbocycles. The van der Waals surface area contributed by atoms with Gasteiger partial charge in [-0.1, -0.05) is 6.07 Å². The summed E-state index contributed by atoms with van der Waals surface area (Å²) < 4.78 is 0.392. The van der Waals surface area contributed by atoms with Crippen molar-refractivity contribution in [2.24, 2.45) is 0 Å². The second-order valence-electron chi connectivity index (χ2n) is 4.65. The molecule has 0 aliphatic carbocycles. The molecule has 2 aromatic rings. The van der Waals surface area contributed by atoms with Crippen LogP contribution in [0.4, 0.5) is 0 Å². The summed E-state index contributed by atoms with van der Waals surface area (Å²) >= 11 is 5.01. The summed E-state index contributed by atoms with van der Waals surface area (Å²) in [5, 5.41) is 0. The van der Waals surface area contributed by atoms with Crippen LogP contribution in [0.2, 0.25) is 0 Å². The lowest BCUT2D eigenvalue weighted by atomic mass is 10.1. The molecule has 6 heteroatoms. The highest BCUT2D eigenvalue weighted by atomic mass is 32.1. The Hall–Kier alpha value is -1.79. The molecule has 98 valence electrons. The van der Waals surface area contributed by atoms with Crippen molar-refractivity contribution >= 4 is 12.2 Å². The highest BCUT2D eigenvalue weighted by Crippen LogP contribution is 2.15. The van der Waals surface area contributed by atoms with Crippen LogP contribution in [0.1, 0.15) is 17.0 Å². The Balaban J connectivity index is 1.83. The summed E-state index contributed by atoms with van der Waals surface area (Å²) in [5.74, 6) is 0. The highest BCUT2D eigenvalue weighted by Gasteiger charge is 2.19. The van der Waals surface area contributed by atoms with Crippen molar-refractivity contribution < 1.29 is 0 Å². The van der Waals surface area contributed by atoms with Gasteiger partial charge in [-0.3, -0.25) is 19.7 Å². The normalized spacial score (nSPS) is 15.2. The topological polar surface area (TPSA) is 64.8 Å². The molecule has 3 heterocycles. The van der Waals surface area contributed by atoms with Gasteiger partial charge < -0.3 is 4.98 Å². The van der Waals surface area contributed by atoms with E-state index < -0.39 is 0 Å². The predicted octanol–water partition coefficient (Wildman–Crippen LogP) is 1.39. The second-order valence-corrected chi connectivity index (χ2v) is 5.06. The number of nitrogens with one attached hydrogen (secondary N) is 2. The molecule has 0 unspecified atom stereocenters. The van der Waals surface area contributed by atoms with Gasteiger partial charge in [0.05, 0.1) is 5.69 Å². The molecule has 1 aliphatic rings. The molecule has 3 rings (SSSR count). The summed E-state index contributed by atoms with van der Waals surface area (Å²) in [7, 11) is 0. The Morgan fingerprint density at radius 3 is 3.05 bits per heavy atom. The van der Waals surface area contributed by atoms with Crippen LogP contribution in [0.15, 0.2) is 29.2 Å². The standard InChI is InChI=1S/C13H14N4OS/c18-12-10-4-6-17(7-9-3-1-2-5-14-9)8-11(10)15-13(19)16-12/h1-3,5H,4,6-8H2,(H2,15,16,18,19). The summed E-state index contributed by atoms with van der Waals surface area (Å²) in [5.41, 5.74) is 2.73. The van der Waals surface area contributed by atoms with E-state index in [0.29, 0.717) is 11.3 Å². The fourth-order valence-electron chi connectivity index (χ4n) is 2.39. The van der Waals surface area contributed by atoms with E-state index in [1.54, 1.807) is 6.20 Å². The van der Waals surface area contributed by atoms with Crippen molar-refractivity contribution in [2.75, 3.05) is 6.54 Å². The fourth-order valence-corrected chi connectivity index (χ4v) is 2.60. The third-order valence-electron chi connectivity index (χ3n) is 3.30. The summed E-state index contributed by atoms with van der Waals surface area (Å²) in [6, 6.07) is 5.90. The van der Waals surface area contributed by atoms with Crippen molar-refractivity contribution in [2.45, 2.75) is 19.5 Å². The first kappa shape index (κ1) is 12.3. The van der Waals surface area contributed by atoms with Gasteiger partial charge >= 0.3 is 0 Å². The summed E-state index contributed by atoms with van der Waals surface area (Å²) in [4.78, 5) is 24.1. The van der Waals surface area contributed by atoms with E-state index in [9.17, 15) is 4.79 Å². The molecule has 0 amide bonds. The van der Waals surface area contributed by atoms with E-state index >= 15 is 0 Å². The number of rotatable bonds is 2. The van der Waals surface area contributed by atoms with E-state index in [-0.39, 0.29) is 5.56 Å². The van der Waals surface area contributed by atoms with Gasteiger partial charge in [-0.2, -0.15) is 0 Å². The number of hydrogen-bond donors (Lipinski definition) is 2. The quantitative estimate of drug-likeness (QED) is 0.812. The Morgan fingerprint density at radius 2 is 2.26 bits per heavy atom. The summed E-state index contributed by atoms with van der Waals surface area (Å²) in [6.45, 7) is 2.35. The minimum atomic E-state index is -0.0590. The first-order valence-electron chi connectivity index (χ1n) is 6.19. The summed E-state index contributed by atoms with van der Waals surface area (Å²) in [6.07, 6.45) is 2.54. The number of aromatic amines is 2. The van der Waals surface area contributed by atoms with E-state index in [1.807, 2.05) is 18.2 Å². The average Bonchev–Trinajstić information content (AvgIpc) is 2.39. The van der Waals surface area contributed by atoms with Gasteiger partial charge in [0.15, 0.2) is 4.77 Å². The molecule has 5 nitrogen and oxygen atoms in total. The third kappa shape index (κ3) is 2.64. The molecule has 19 heavy (non-hydrogen) atoms. The second kappa shape index (κ2) is 5.07. The lowest BCUT2D eigenvalue weighted by Gasteiger charge is -2.27. The van der Waals surface area contributed by atoms with Crippen LogP contribution in [0.5, 0.6) is 0 Å². The van der Waals surface area contributed by atoms with Gasteiger partial charge in [0.1, 0.15) is 0 Å². The number of pyridine rings is 1. The van der Waals surface area contributed by atoms with Crippen LogP contribution in [0, 0.1) is 4.77 Å². The van der Waals surface area contributed by atoms with Crippen LogP contribution >= 0.6 is 12.2 Å². The Labute approximate surface area is 115 Å². The van der Waals surface area contributed by atoms with Crippen molar-refractivity contribution in [3.05, 3.63) is 56.5 Å². The van der Waals surface area contributed by atoms with Crippen molar-refractivity contribution in [1.29, 1.82) is 0 Å². The van der Waals surface area contributed by atoms with Gasteiger partial charge in [0, 0.05) is 37.1 Å². The molecule has 2 aromatic heterocycles. The molecule has 0 fully saturated rings. The van der Waals surface area contributed by atoms with Gasteiger partial charge in [0.25, 0.3) is 5.56 Å². The lowest BCUT2D eigenvalue weighted by Crippen LogP contribution is -2.35. The fraction of sp³-hybridized carbons (Fsp3) is 0.308. The molecular formula is C13H14N4OS. The molecular weight excluding hydrogens is 260 g/mol. The van der Waals surface area contributed by atoms with E-state index in [4.69, 9.17) is 12.2 Å². The zero-order valence-electron chi connectivity index (χ0n) is 10.3. The van der Waals surface area contributed by atoms with Crippen molar-refractivity contribution in [3.8, 4) is 0 Å². The number of fused-ring (bicyclic) bond motifs is 1. The van der Waals surface area contributed by atoms with E-state index in [2.05, 4.69) is 19.9 Å². The predicted molar refractivity (Wildman–Crippen MR) is 74.3 cm³/mol. The smallest absolute Gasteiger partial charge is 0.255 e. The van der Waals surface area contributed by atoms with Crippen LogP contribution in [-0.4, -0.2) is 26.4 Å². The van der Waals surface area contributed by atoms with Crippen LogP contribution in [-0.2, 0) is 19.5 Å². The average molecular weight is 274 g/mol. The Kier molecular flexibility index (Phi) is 3.27. The Morgan fingerprint density at radius 1 is 1.37 bits per heavy atom. The van der Waals surface area contributed by atoms with E-state index in [1.165, 1.54) is 0 Å². The third-order valence-corrected chi connectivity index (χ3v) is 3.51. The number of H-pyrrole nitrogens is 2. The SMILES string of the molecule is O=c1[nH]c(=S)[nH]c2c1CCN(Cc1ccccn1)C2. The Bertz CT molecular complexity index is 692. The van der Waals surface area contributed by atoms with Crippen LogP contribution in [0.25, 0.3) is 0 Å². The maximum Gasteiger partial charge on any atom is 0.255 e. The van der Waals surface area contributed by atoms with Crippen LogP contribution < -0.4 is 5.56 Å². The van der Waals surface area contributed by atoms with Gasteiger partial charge in [-0.05, 0) is 30.8 Å². The molecule has 2 N–H and O–H groups in total. The van der Waals surface area contributed by atoms with Gasteiger partial charge in [-0.15, -0.1) is 0 Å². The number of aromatic nitrogens is 3. The molecule has 0 radical (unpaired) electrons. The van der Waals surface area contributed by atoms with Crippen molar-refractivity contribution in [3.63, 3.8) is 0 Å². The van der Waals surface area contributed by atoms with Gasteiger partial charge in [0.2, 0.25) is 0 Å². The number of nitrogens with zero attached hydrogens (tertiary/aromatic N) is 2. The monoisotopic (exact) mass is 274 g/mol. The largest absolute Gasteiger partial charge is 0.334 e. The first-order chi connectivity index (χ1) is 9.22. The minimum absolute atomic E-state index is 0.0590. The zero-order valence-corrected chi connectivity index (χ0v) is 11.2. The lowest BCUT2D eigenvalue weighted by molar-refractivity contribution is 0.237. The molecule has 0 atom stereocenters. The molecule has 0 spiro atoms. The minimum Gasteiger partial charge on any atom is -0.334 e. The highest BCUT2D eigenvalue weighted by molar-refractivity contribution is 7.71.